The van der Waals surface area contributed by atoms with Gasteiger partial charge in [0, 0.05) is 18.8 Å². The van der Waals surface area contributed by atoms with Crippen LogP contribution in [-0.4, -0.2) is 35.9 Å². The van der Waals surface area contributed by atoms with Gasteiger partial charge >= 0.3 is 0 Å². The van der Waals surface area contributed by atoms with E-state index >= 15 is 0 Å². The molecule has 1 aromatic heterocycles. The van der Waals surface area contributed by atoms with Crippen LogP contribution in [0.4, 0.5) is 5.69 Å². The van der Waals surface area contributed by atoms with Crippen LogP contribution in [0.5, 0.6) is 0 Å². The highest BCUT2D eigenvalue weighted by molar-refractivity contribution is 7.89. The molecule has 146 valence electrons. The number of anilines is 1. The topological polar surface area (TPSA) is 79.4 Å². The largest absolute Gasteiger partial charge is 0.320 e. The Hall–Kier alpha value is -2.29. The number of para-hydroxylation sites is 1. The van der Waals surface area contributed by atoms with E-state index < -0.39 is 10.0 Å². The minimum atomic E-state index is -3.23. The standard InChI is InChI=1S/C20H21N3O3S2/c1-2-11-28(25,26)23-10-9-14-7-8-16(12-15(14)13-23)21-19(24)20-22-17-5-3-4-6-18(17)27-20/h3-8,12H,2,9-11,13H2,1H3,(H,21,24). The minimum absolute atomic E-state index is 0.163. The molecule has 0 fully saturated rings. The lowest BCUT2D eigenvalue weighted by molar-refractivity contribution is 0.102. The molecule has 0 spiro atoms. The highest BCUT2D eigenvalue weighted by Gasteiger charge is 2.26. The summed E-state index contributed by atoms with van der Waals surface area (Å²) in [5.74, 6) is -0.0940. The van der Waals surface area contributed by atoms with Crippen molar-refractivity contribution in [3.05, 3.63) is 58.6 Å². The Morgan fingerprint density at radius 3 is 2.82 bits per heavy atom. The fourth-order valence-electron chi connectivity index (χ4n) is 3.39. The molecule has 0 unspecified atom stereocenters. The maximum atomic E-state index is 12.6. The van der Waals surface area contributed by atoms with Crippen molar-refractivity contribution in [2.24, 2.45) is 0 Å². The zero-order valence-electron chi connectivity index (χ0n) is 15.5. The van der Waals surface area contributed by atoms with E-state index in [1.807, 2.05) is 49.4 Å². The quantitative estimate of drug-likeness (QED) is 0.690. The van der Waals surface area contributed by atoms with Gasteiger partial charge in [0.2, 0.25) is 10.0 Å². The number of carbonyl (C=O) groups excluding carboxylic acids is 1. The summed E-state index contributed by atoms with van der Waals surface area (Å²) in [7, 11) is -3.23. The number of sulfonamides is 1. The number of amides is 1. The van der Waals surface area contributed by atoms with E-state index in [9.17, 15) is 13.2 Å². The van der Waals surface area contributed by atoms with Gasteiger partial charge in [0.15, 0.2) is 5.01 Å². The van der Waals surface area contributed by atoms with Crippen LogP contribution in [0.1, 0.15) is 34.3 Å². The summed E-state index contributed by atoms with van der Waals surface area (Å²) in [4.78, 5) is 17.0. The summed E-state index contributed by atoms with van der Waals surface area (Å²) in [5, 5.41) is 3.30. The second-order valence-corrected chi connectivity index (χ2v) is 9.94. The van der Waals surface area contributed by atoms with Crippen LogP contribution in [0.2, 0.25) is 0 Å². The van der Waals surface area contributed by atoms with E-state index in [1.165, 1.54) is 15.6 Å². The number of aromatic nitrogens is 1. The van der Waals surface area contributed by atoms with Gasteiger partial charge in [-0.25, -0.2) is 13.4 Å². The van der Waals surface area contributed by atoms with Gasteiger partial charge in [0.1, 0.15) is 0 Å². The Balaban J connectivity index is 1.53. The molecule has 1 aliphatic heterocycles. The van der Waals surface area contributed by atoms with Gasteiger partial charge in [0.05, 0.1) is 16.0 Å². The molecule has 0 saturated carbocycles. The summed E-state index contributed by atoms with van der Waals surface area (Å²) in [5.41, 5.74) is 3.52. The summed E-state index contributed by atoms with van der Waals surface area (Å²) >= 11 is 1.35. The number of rotatable bonds is 5. The highest BCUT2D eigenvalue weighted by Crippen LogP contribution is 2.26. The first kappa shape index (κ1) is 19.0. The summed E-state index contributed by atoms with van der Waals surface area (Å²) in [6, 6.07) is 13.3. The van der Waals surface area contributed by atoms with Crippen molar-refractivity contribution in [2.75, 3.05) is 17.6 Å². The number of fused-ring (bicyclic) bond motifs is 2. The van der Waals surface area contributed by atoms with Crippen molar-refractivity contribution >= 4 is 43.2 Å². The van der Waals surface area contributed by atoms with E-state index in [4.69, 9.17) is 0 Å². The number of hydrogen-bond donors (Lipinski definition) is 1. The number of nitrogens with one attached hydrogen (secondary N) is 1. The average Bonchev–Trinajstić information content (AvgIpc) is 3.12. The number of hydrogen-bond acceptors (Lipinski definition) is 5. The molecule has 3 aromatic rings. The fourth-order valence-corrected chi connectivity index (χ4v) is 5.73. The van der Waals surface area contributed by atoms with Gasteiger partial charge in [-0.05, 0) is 48.2 Å². The van der Waals surface area contributed by atoms with E-state index in [2.05, 4.69) is 10.3 Å². The monoisotopic (exact) mass is 415 g/mol. The Morgan fingerprint density at radius 1 is 1.21 bits per heavy atom. The Labute approximate surface area is 168 Å². The number of thiazole rings is 1. The molecule has 1 amide bonds. The maximum absolute atomic E-state index is 12.6. The third kappa shape index (κ3) is 3.80. The van der Waals surface area contributed by atoms with Gasteiger partial charge in [0.25, 0.3) is 5.91 Å². The highest BCUT2D eigenvalue weighted by atomic mass is 32.2. The predicted octanol–water partition coefficient (Wildman–Crippen LogP) is 3.65. The zero-order valence-corrected chi connectivity index (χ0v) is 17.1. The lowest BCUT2D eigenvalue weighted by Gasteiger charge is -2.28. The number of carbonyl (C=O) groups is 1. The van der Waals surface area contributed by atoms with Gasteiger partial charge in [-0.3, -0.25) is 4.79 Å². The molecule has 0 bridgehead atoms. The predicted molar refractivity (Wildman–Crippen MR) is 112 cm³/mol. The Bertz CT molecular complexity index is 1110. The van der Waals surface area contributed by atoms with E-state index in [1.54, 1.807) is 0 Å². The first-order valence-electron chi connectivity index (χ1n) is 9.23. The molecule has 0 aliphatic carbocycles. The molecule has 0 atom stereocenters. The van der Waals surface area contributed by atoms with E-state index in [0.717, 1.165) is 21.3 Å². The molecule has 1 N–H and O–H groups in total. The normalized spacial score (nSPS) is 14.8. The van der Waals surface area contributed by atoms with E-state index in [-0.39, 0.29) is 11.7 Å². The third-order valence-electron chi connectivity index (χ3n) is 4.78. The number of nitrogens with zero attached hydrogens (tertiary/aromatic N) is 2. The molecule has 6 nitrogen and oxygen atoms in total. The van der Waals surface area contributed by atoms with Crippen LogP contribution in [0.3, 0.4) is 0 Å². The van der Waals surface area contributed by atoms with E-state index in [0.29, 0.717) is 36.6 Å². The maximum Gasteiger partial charge on any atom is 0.284 e. The molecule has 28 heavy (non-hydrogen) atoms. The minimum Gasteiger partial charge on any atom is -0.320 e. The average molecular weight is 416 g/mol. The van der Waals surface area contributed by atoms with Crippen LogP contribution in [0.25, 0.3) is 10.2 Å². The molecule has 1 aliphatic rings. The molecule has 8 heteroatoms. The molecular weight excluding hydrogens is 394 g/mol. The molecule has 2 heterocycles. The van der Waals surface area contributed by atoms with Crippen molar-refractivity contribution in [1.82, 2.24) is 9.29 Å². The lowest BCUT2D eigenvalue weighted by atomic mass is 10.0. The van der Waals surface area contributed by atoms with Crippen LogP contribution in [-0.2, 0) is 23.0 Å². The van der Waals surface area contributed by atoms with Crippen molar-refractivity contribution in [2.45, 2.75) is 26.3 Å². The van der Waals surface area contributed by atoms with Crippen molar-refractivity contribution in [1.29, 1.82) is 0 Å². The lowest BCUT2D eigenvalue weighted by Crippen LogP contribution is -2.37. The van der Waals surface area contributed by atoms with Gasteiger partial charge < -0.3 is 5.32 Å². The second kappa shape index (κ2) is 7.62. The number of benzene rings is 2. The third-order valence-corrected chi connectivity index (χ3v) is 7.84. The molecule has 0 radical (unpaired) electrons. The summed E-state index contributed by atoms with van der Waals surface area (Å²) < 4.78 is 27.3. The van der Waals surface area contributed by atoms with Gasteiger partial charge in [-0.2, -0.15) is 4.31 Å². The van der Waals surface area contributed by atoms with Crippen LogP contribution in [0.15, 0.2) is 42.5 Å². The molecule has 2 aromatic carbocycles. The first-order valence-corrected chi connectivity index (χ1v) is 11.7. The molecular formula is C20H21N3O3S2. The van der Waals surface area contributed by atoms with Gasteiger partial charge in [-0.1, -0.05) is 25.1 Å². The van der Waals surface area contributed by atoms with Crippen LogP contribution < -0.4 is 5.32 Å². The Morgan fingerprint density at radius 2 is 2.04 bits per heavy atom. The SMILES string of the molecule is CCCS(=O)(=O)N1CCc2ccc(NC(=O)c3nc4ccccc4s3)cc2C1. The Kier molecular flexibility index (Phi) is 5.18. The first-order chi connectivity index (χ1) is 13.5. The van der Waals surface area contributed by atoms with Crippen molar-refractivity contribution < 1.29 is 13.2 Å². The smallest absolute Gasteiger partial charge is 0.284 e. The van der Waals surface area contributed by atoms with Crippen molar-refractivity contribution in [3.63, 3.8) is 0 Å². The van der Waals surface area contributed by atoms with Gasteiger partial charge in [-0.15, -0.1) is 11.3 Å². The van der Waals surface area contributed by atoms with Crippen LogP contribution >= 0.6 is 11.3 Å². The van der Waals surface area contributed by atoms with Crippen molar-refractivity contribution in [3.8, 4) is 0 Å². The van der Waals surface area contributed by atoms with Crippen LogP contribution in [0, 0.1) is 0 Å². The molecule has 0 saturated heterocycles. The summed E-state index contributed by atoms with van der Waals surface area (Å²) in [6.45, 7) is 2.72. The zero-order chi connectivity index (χ0) is 19.7. The molecule has 4 rings (SSSR count). The fraction of sp³-hybridized carbons (Fsp3) is 0.300. The summed E-state index contributed by atoms with van der Waals surface area (Å²) in [6.07, 6.45) is 1.29. The second-order valence-electron chi connectivity index (χ2n) is 6.82.